The van der Waals surface area contributed by atoms with E-state index in [1.54, 1.807) is 0 Å². The largest absolute Gasteiger partial charge is 0.419 e. The van der Waals surface area contributed by atoms with Gasteiger partial charge < -0.3 is 19.7 Å². The number of hydrogen-bond donors (Lipinski definition) is 1. The number of nitrogens with one attached hydrogen (secondary N) is 1. The molecule has 1 N–H and O–H groups in total. The minimum absolute atomic E-state index is 0.142. The van der Waals surface area contributed by atoms with E-state index in [2.05, 4.69) is 17.3 Å². The van der Waals surface area contributed by atoms with Crippen molar-refractivity contribution in [2.24, 2.45) is 0 Å². The second-order valence-electron chi connectivity index (χ2n) is 5.90. The molecular formula is C16H18N2O4. The SMILES string of the molecule is CN1CCc2cc(NC=C3C(=O)OC(C)(C)OC3=O)ccc21. The molecule has 3 rings (SSSR count). The zero-order chi connectivity index (χ0) is 15.9. The quantitative estimate of drug-likeness (QED) is 0.510. The predicted octanol–water partition coefficient (Wildman–Crippen LogP) is 1.81. The fraction of sp³-hybridized carbons (Fsp3) is 0.375. The molecule has 1 aromatic rings. The number of carbonyl (C=O) groups is 2. The molecule has 0 aromatic heterocycles. The molecule has 22 heavy (non-hydrogen) atoms. The zero-order valence-corrected chi connectivity index (χ0v) is 12.8. The first-order valence-corrected chi connectivity index (χ1v) is 7.13. The molecule has 2 aliphatic rings. The summed E-state index contributed by atoms with van der Waals surface area (Å²) in [7, 11) is 2.05. The van der Waals surface area contributed by atoms with Gasteiger partial charge >= 0.3 is 11.9 Å². The highest BCUT2D eigenvalue weighted by Gasteiger charge is 2.38. The summed E-state index contributed by atoms with van der Waals surface area (Å²) in [5.74, 6) is -2.59. The molecule has 0 aliphatic carbocycles. The number of benzene rings is 1. The maximum absolute atomic E-state index is 11.8. The van der Waals surface area contributed by atoms with Crippen molar-refractivity contribution in [2.75, 3.05) is 23.8 Å². The average molecular weight is 302 g/mol. The normalized spacial score (nSPS) is 19.4. The number of fused-ring (bicyclic) bond motifs is 1. The Labute approximate surface area is 128 Å². The van der Waals surface area contributed by atoms with Gasteiger partial charge in [0.2, 0.25) is 0 Å². The molecule has 0 bridgehead atoms. The minimum Gasteiger partial charge on any atom is -0.419 e. The number of nitrogens with zero attached hydrogens (tertiary/aromatic N) is 1. The third kappa shape index (κ3) is 2.64. The van der Waals surface area contributed by atoms with Gasteiger partial charge in [0, 0.05) is 45.0 Å². The van der Waals surface area contributed by atoms with Gasteiger partial charge in [-0.25, -0.2) is 9.59 Å². The molecule has 6 heteroatoms. The fourth-order valence-corrected chi connectivity index (χ4v) is 2.59. The number of likely N-dealkylation sites (N-methyl/N-ethyl adjacent to an activating group) is 1. The summed E-state index contributed by atoms with van der Waals surface area (Å²) < 4.78 is 10.1. The van der Waals surface area contributed by atoms with Crippen LogP contribution < -0.4 is 10.2 Å². The second-order valence-corrected chi connectivity index (χ2v) is 5.90. The fourth-order valence-electron chi connectivity index (χ4n) is 2.59. The van der Waals surface area contributed by atoms with E-state index in [1.807, 2.05) is 18.2 Å². The summed E-state index contributed by atoms with van der Waals surface area (Å²) in [6.45, 7) is 4.03. The maximum atomic E-state index is 11.8. The lowest BCUT2D eigenvalue weighted by molar-refractivity contribution is -0.222. The third-order valence-electron chi connectivity index (χ3n) is 3.71. The van der Waals surface area contributed by atoms with Crippen molar-refractivity contribution in [1.82, 2.24) is 0 Å². The van der Waals surface area contributed by atoms with Crippen LogP contribution in [0.15, 0.2) is 30.0 Å². The Morgan fingerprint density at radius 3 is 2.59 bits per heavy atom. The van der Waals surface area contributed by atoms with Gasteiger partial charge in [0.15, 0.2) is 5.57 Å². The molecule has 0 atom stereocenters. The molecule has 1 aromatic carbocycles. The predicted molar refractivity (Wildman–Crippen MR) is 81.4 cm³/mol. The first-order valence-electron chi connectivity index (χ1n) is 7.13. The molecule has 0 amide bonds. The van der Waals surface area contributed by atoms with E-state index in [-0.39, 0.29) is 5.57 Å². The second kappa shape index (κ2) is 5.05. The van der Waals surface area contributed by atoms with Gasteiger partial charge in [0.25, 0.3) is 5.79 Å². The summed E-state index contributed by atoms with van der Waals surface area (Å²) in [6, 6.07) is 5.93. The summed E-state index contributed by atoms with van der Waals surface area (Å²) in [5.41, 5.74) is 3.11. The number of ether oxygens (including phenoxy) is 2. The van der Waals surface area contributed by atoms with Crippen molar-refractivity contribution in [3.8, 4) is 0 Å². The monoisotopic (exact) mass is 302 g/mol. The van der Waals surface area contributed by atoms with E-state index >= 15 is 0 Å². The molecule has 2 aliphatic heterocycles. The van der Waals surface area contributed by atoms with Crippen LogP contribution in [-0.2, 0) is 25.5 Å². The van der Waals surface area contributed by atoms with Crippen LogP contribution in [0.2, 0.25) is 0 Å². The Bertz CT molecular complexity index is 657. The van der Waals surface area contributed by atoms with Gasteiger partial charge in [-0.1, -0.05) is 0 Å². The molecule has 0 saturated carbocycles. The molecule has 116 valence electrons. The van der Waals surface area contributed by atoms with Crippen molar-refractivity contribution in [2.45, 2.75) is 26.1 Å². The molecular weight excluding hydrogens is 284 g/mol. The molecule has 0 spiro atoms. The Morgan fingerprint density at radius 2 is 1.91 bits per heavy atom. The van der Waals surface area contributed by atoms with Gasteiger partial charge in [0.1, 0.15) is 0 Å². The number of hydrogen-bond acceptors (Lipinski definition) is 6. The van der Waals surface area contributed by atoms with Crippen LogP contribution in [0.4, 0.5) is 11.4 Å². The zero-order valence-electron chi connectivity index (χ0n) is 12.8. The summed E-state index contributed by atoms with van der Waals surface area (Å²) in [5, 5.41) is 2.96. The summed E-state index contributed by atoms with van der Waals surface area (Å²) >= 11 is 0. The molecule has 1 fully saturated rings. The van der Waals surface area contributed by atoms with E-state index in [9.17, 15) is 9.59 Å². The molecule has 1 saturated heterocycles. The third-order valence-corrected chi connectivity index (χ3v) is 3.71. The topological polar surface area (TPSA) is 67.9 Å². The van der Waals surface area contributed by atoms with Gasteiger partial charge in [-0.15, -0.1) is 0 Å². The summed E-state index contributed by atoms with van der Waals surface area (Å²) in [4.78, 5) is 25.9. The van der Waals surface area contributed by atoms with E-state index < -0.39 is 17.7 Å². The molecule has 2 heterocycles. The van der Waals surface area contributed by atoms with Crippen LogP contribution >= 0.6 is 0 Å². The number of esters is 2. The molecule has 0 radical (unpaired) electrons. The van der Waals surface area contributed by atoms with E-state index in [0.29, 0.717) is 0 Å². The standard InChI is InChI=1S/C16H18N2O4/c1-16(2)21-14(19)12(15(20)22-16)9-17-11-4-5-13-10(8-11)6-7-18(13)3/h4-5,8-9,17H,6-7H2,1-3H3. The van der Waals surface area contributed by atoms with Crippen LogP contribution in [0, 0.1) is 0 Å². The maximum Gasteiger partial charge on any atom is 0.350 e. The Morgan fingerprint density at radius 1 is 1.23 bits per heavy atom. The number of carbonyl (C=O) groups excluding carboxylic acids is 2. The van der Waals surface area contributed by atoms with Gasteiger partial charge in [-0.2, -0.15) is 0 Å². The summed E-state index contributed by atoms with van der Waals surface area (Å²) in [6.07, 6.45) is 2.32. The van der Waals surface area contributed by atoms with E-state index in [4.69, 9.17) is 9.47 Å². The number of cyclic esters (lactones) is 2. The van der Waals surface area contributed by atoms with Crippen molar-refractivity contribution in [1.29, 1.82) is 0 Å². The van der Waals surface area contributed by atoms with Gasteiger partial charge in [0.05, 0.1) is 0 Å². The van der Waals surface area contributed by atoms with Gasteiger partial charge in [-0.3, -0.25) is 0 Å². The first-order chi connectivity index (χ1) is 10.4. The molecule has 6 nitrogen and oxygen atoms in total. The highest BCUT2D eigenvalue weighted by Crippen LogP contribution is 2.29. The highest BCUT2D eigenvalue weighted by molar-refractivity contribution is 6.15. The smallest absolute Gasteiger partial charge is 0.350 e. The highest BCUT2D eigenvalue weighted by atomic mass is 16.7. The van der Waals surface area contributed by atoms with Crippen molar-refractivity contribution >= 4 is 23.3 Å². The lowest BCUT2D eigenvalue weighted by Gasteiger charge is -2.29. The van der Waals surface area contributed by atoms with Crippen LogP contribution in [-0.4, -0.2) is 31.3 Å². The van der Waals surface area contributed by atoms with Crippen LogP contribution in [0.3, 0.4) is 0 Å². The average Bonchev–Trinajstić information content (AvgIpc) is 2.78. The van der Waals surface area contributed by atoms with Crippen LogP contribution in [0.25, 0.3) is 0 Å². The lowest BCUT2D eigenvalue weighted by atomic mass is 10.1. The Kier molecular flexibility index (Phi) is 3.31. The van der Waals surface area contributed by atoms with Gasteiger partial charge in [-0.05, 0) is 30.2 Å². The van der Waals surface area contributed by atoms with E-state index in [1.165, 1.54) is 31.3 Å². The Balaban J connectivity index is 1.77. The van der Waals surface area contributed by atoms with Crippen LogP contribution in [0.1, 0.15) is 19.4 Å². The lowest BCUT2D eigenvalue weighted by Crippen LogP contribution is -2.42. The van der Waals surface area contributed by atoms with E-state index in [0.717, 1.165) is 18.7 Å². The molecule has 0 unspecified atom stereocenters. The number of anilines is 2. The first kappa shape index (κ1) is 14.4. The number of rotatable bonds is 2. The van der Waals surface area contributed by atoms with Crippen LogP contribution in [0.5, 0.6) is 0 Å². The Hall–Kier alpha value is -2.50. The van der Waals surface area contributed by atoms with Crippen molar-refractivity contribution < 1.29 is 19.1 Å². The van der Waals surface area contributed by atoms with Crippen molar-refractivity contribution in [3.05, 3.63) is 35.5 Å². The minimum atomic E-state index is -1.22. The van der Waals surface area contributed by atoms with Crippen molar-refractivity contribution in [3.63, 3.8) is 0 Å².